The lowest BCUT2D eigenvalue weighted by atomic mass is 10.00. The van der Waals surface area contributed by atoms with Crippen LogP contribution in [-0.2, 0) is 19.4 Å². The lowest BCUT2D eigenvalue weighted by molar-refractivity contribution is 0.0696. The molecule has 170 valence electrons. The molecule has 2 aromatic carbocycles. The standard InChI is InChI=1S/C25H31N3O4/c1-5-12-28-16-20(14-18-7-8-19(24(29)30)15-23(18)32-4)21-13-17(6-9-22(21)28)10-11-26-25(31)27(2)3/h6-9,13,15-16H,5,10-12,14H2,1-4H3,(H,26,31)(H,29,30). The molecule has 0 aliphatic carbocycles. The number of hydrogen-bond acceptors (Lipinski definition) is 3. The van der Waals surface area contributed by atoms with Crippen molar-refractivity contribution in [2.45, 2.75) is 32.7 Å². The van der Waals surface area contributed by atoms with Crippen molar-refractivity contribution in [1.82, 2.24) is 14.8 Å². The molecular weight excluding hydrogens is 406 g/mol. The van der Waals surface area contributed by atoms with Crippen LogP contribution in [0.5, 0.6) is 5.75 Å². The summed E-state index contributed by atoms with van der Waals surface area (Å²) in [5.74, 6) is -0.399. The number of carboxylic acid groups (broad SMARTS) is 1. The molecule has 3 rings (SSSR count). The summed E-state index contributed by atoms with van der Waals surface area (Å²) in [6.45, 7) is 3.64. The van der Waals surface area contributed by atoms with Crippen molar-refractivity contribution < 1.29 is 19.4 Å². The molecule has 3 aromatic rings. The first-order chi connectivity index (χ1) is 15.3. The van der Waals surface area contributed by atoms with Crippen LogP contribution in [-0.4, -0.2) is 54.3 Å². The van der Waals surface area contributed by atoms with E-state index in [4.69, 9.17) is 4.74 Å². The Kier molecular flexibility index (Phi) is 7.41. The van der Waals surface area contributed by atoms with Crippen molar-refractivity contribution >= 4 is 22.9 Å². The fourth-order valence-corrected chi connectivity index (χ4v) is 3.84. The lowest BCUT2D eigenvalue weighted by Gasteiger charge is -2.12. The largest absolute Gasteiger partial charge is 0.496 e. The second kappa shape index (κ2) is 10.2. The average molecular weight is 438 g/mol. The van der Waals surface area contributed by atoms with Gasteiger partial charge in [0.05, 0.1) is 12.7 Å². The predicted molar refractivity (Wildman–Crippen MR) is 126 cm³/mol. The zero-order valence-corrected chi connectivity index (χ0v) is 19.1. The Labute approximate surface area is 188 Å². The number of rotatable bonds is 9. The number of hydrogen-bond donors (Lipinski definition) is 2. The summed E-state index contributed by atoms with van der Waals surface area (Å²) in [7, 11) is 5.01. The van der Waals surface area contributed by atoms with Gasteiger partial charge in [0.25, 0.3) is 0 Å². The highest BCUT2D eigenvalue weighted by Crippen LogP contribution is 2.29. The van der Waals surface area contributed by atoms with Crippen molar-refractivity contribution in [2.24, 2.45) is 0 Å². The molecule has 0 spiro atoms. The van der Waals surface area contributed by atoms with Gasteiger partial charge < -0.3 is 24.6 Å². The van der Waals surface area contributed by atoms with E-state index in [1.165, 1.54) is 15.8 Å². The number of nitrogens with one attached hydrogen (secondary N) is 1. The van der Waals surface area contributed by atoms with E-state index in [2.05, 4.69) is 41.2 Å². The van der Waals surface area contributed by atoms with E-state index >= 15 is 0 Å². The van der Waals surface area contributed by atoms with E-state index in [-0.39, 0.29) is 11.6 Å². The zero-order valence-electron chi connectivity index (χ0n) is 19.1. The van der Waals surface area contributed by atoms with Crippen LogP contribution in [0.3, 0.4) is 0 Å². The van der Waals surface area contributed by atoms with Gasteiger partial charge in [0, 0.05) is 50.7 Å². The van der Waals surface area contributed by atoms with Gasteiger partial charge in [0.2, 0.25) is 0 Å². The van der Waals surface area contributed by atoms with Gasteiger partial charge in [0.1, 0.15) is 5.75 Å². The Bertz CT molecular complexity index is 1120. The lowest BCUT2D eigenvalue weighted by Crippen LogP contribution is -2.35. The molecular formula is C25H31N3O4. The Morgan fingerprint density at radius 3 is 2.56 bits per heavy atom. The number of amides is 2. The molecule has 0 aliphatic heterocycles. The normalized spacial score (nSPS) is 10.9. The van der Waals surface area contributed by atoms with Crippen LogP contribution in [0.1, 0.15) is 40.4 Å². The Hall–Kier alpha value is -3.48. The molecule has 1 heterocycles. The highest BCUT2D eigenvalue weighted by molar-refractivity contribution is 5.88. The topological polar surface area (TPSA) is 83.8 Å². The first-order valence-electron chi connectivity index (χ1n) is 10.8. The SMILES string of the molecule is CCCn1cc(Cc2ccc(C(=O)O)cc2OC)c2cc(CCNC(=O)N(C)C)ccc21. The smallest absolute Gasteiger partial charge is 0.335 e. The van der Waals surface area contributed by atoms with Gasteiger partial charge >= 0.3 is 12.0 Å². The Balaban J connectivity index is 1.91. The van der Waals surface area contributed by atoms with Gasteiger partial charge in [-0.05, 0) is 53.8 Å². The van der Waals surface area contributed by atoms with Crippen LogP contribution >= 0.6 is 0 Å². The van der Waals surface area contributed by atoms with E-state index < -0.39 is 5.97 Å². The number of fused-ring (bicyclic) bond motifs is 1. The van der Waals surface area contributed by atoms with Gasteiger partial charge in [-0.25, -0.2) is 9.59 Å². The van der Waals surface area contributed by atoms with Crippen LogP contribution in [0.4, 0.5) is 4.79 Å². The number of benzene rings is 2. The number of aromatic nitrogens is 1. The van der Waals surface area contributed by atoms with E-state index in [9.17, 15) is 14.7 Å². The summed E-state index contributed by atoms with van der Waals surface area (Å²) in [4.78, 5) is 24.6. The summed E-state index contributed by atoms with van der Waals surface area (Å²) >= 11 is 0. The Morgan fingerprint density at radius 2 is 1.91 bits per heavy atom. The van der Waals surface area contributed by atoms with E-state index in [0.29, 0.717) is 18.7 Å². The van der Waals surface area contributed by atoms with Crippen LogP contribution < -0.4 is 10.1 Å². The number of nitrogens with zero attached hydrogens (tertiary/aromatic N) is 2. The number of carbonyl (C=O) groups excluding carboxylic acids is 1. The average Bonchev–Trinajstić information content (AvgIpc) is 3.10. The molecule has 0 bridgehead atoms. The third-order valence-corrected chi connectivity index (χ3v) is 5.50. The van der Waals surface area contributed by atoms with Gasteiger partial charge in [-0.3, -0.25) is 0 Å². The van der Waals surface area contributed by atoms with Crippen molar-refractivity contribution in [3.63, 3.8) is 0 Å². The molecule has 1 aromatic heterocycles. The van der Waals surface area contributed by atoms with Crippen LogP contribution in [0, 0.1) is 0 Å². The molecule has 0 atom stereocenters. The first kappa shape index (κ1) is 23.2. The van der Waals surface area contributed by atoms with Crippen molar-refractivity contribution in [2.75, 3.05) is 27.7 Å². The summed E-state index contributed by atoms with van der Waals surface area (Å²) in [5.41, 5.74) is 4.64. The fraction of sp³-hybridized carbons (Fsp3) is 0.360. The number of ether oxygens (including phenoxy) is 1. The molecule has 0 aliphatic rings. The molecule has 0 unspecified atom stereocenters. The third kappa shape index (κ3) is 5.22. The van der Waals surface area contributed by atoms with Crippen molar-refractivity contribution in [1.29, 1.82) is 0 Å². The molecule has 2 amide bonds. The minimum Gasteiger partial charge on any atom is -0.496 e. The van der Waals surface area contributed by atoms with Crippen molar-refractivity contribution in [3.05, 3.63) is 64.8 Å². The first-order valence-corrected chi connectivity index (χ1v) is 10.8. The van der Waals surface area contributed by atoms with Gasteiger partial charge in [-0.15, -0.1) is 0 Å². The minimum atomic E-state index is -0.972. The number of urea groups is 1. The molecule has 0 saturated carbocycles. The van der Waals surface area contributed by atoms with Crippen LogP contribution in [0.2, 0.25) is 0 Å². The van der Waals surface area contributed by atoms with Gasteiger partial charge in [-0.1, -0.05) is 19.1 Å². The number of aromatic carboxylic acids is 1. The van der Waals surface area contributed by atoms with Crippen LogP contribution in [0.25, 0.3) is 10.9 Å². The minimum absolute atomic E-state index is 0.0993. The number of aryl methyl sites for hydroxylation is 1. The summed E-state index contributed by atoms with van der Waals surface area (Å²) < 4.78 is 7.74. The van der Waals surface area contributed by atoms with E-state index in [1.807, 2.05) is 6.07 Å². The molecule has 0 fully saturated rings. The van der Waals surface area contributed by atoms with Crippen molar-refractivity contribution in [3.8, 4) is 5.75 Å². The maximum absolute atomic E-state index is 11.8. The maximum atomic E-state index is 11.8. The molecule has 7 nitrogen and oxygen atoms in total. The summed E-state index contributed by atoms with van der Waals surface area (Å²) in [6.07, 6.45) is 4.58. The molecule has 0 radical (unpaired) electrons. The molecule has 2 N–H and O–H groups in total. The van der Waals surface area contributed by atoms with E-state index in [1.54, 1.807) is 33.3 Å². The second-order valence-electron chi connectivity index (χ2n) is 8.08. The zero-order chi connectivity index (χ0) is 23.3. The predicted octanol–water partition coefficient (Wildman–Crippen LogP) is 4.16. The third-order valence-electron chi connectivity index (χ3n) is 5.50. The highest BCUT2D eigenvalue weighted by atomic mass is 16.5. The fourth-order valence-electron chi connectivity index (χ4n) is 3.84. The van der Waals surface area contributed by atoms with Gasteiger partial charge in [-0.2, -0.15) is 0 Å². The summed E-state index contributed by atoms with van der Waals surface area (Å²) in [6, 6.07) is 11.4. The molecule has 7 heteroatoms. The number of carboxylic acids is 1. The summed E-state index contributed by atoms with van der Waals surface area (Å²) in [5, 5.41) is 13.3. The number of methoxy groups -OCH3 is 1. The van der Waals surface area contributed by atoms with Crippen LogP contribution in [0.15, 0.2) is 42.6 Å². The second-order valence-corrected chi connectivity index (χ2v) is 8.08. The maximum Gasteiger partial charge on any atom is 0.335 e. The Morgan fingerprint density at radius 1 is 1.12 bits per heavy atom. The molecule has 0 saturated heterocycles. The quantitative estimate of drug-likeness (QED) is 0.526. The molecule has 32 heavy (non-hydrogen) atoms. The monoisotopic (exact) mass is 437 g/mol. The highest BCUT2D eigenvalue weighted by Gasteiger charge is 2.14. The van der Waals surface area contributed by atoms with Gasteiger partial charge in [0.15, 0.2) is 0 Å². The van der Waals surface area contributed by atoms with E-state index in [0.717, 1.165) is 36.1 Å². The number of carbonyl (C=O) groups is 2.